The molecule has 286 valence electrons. The van der Waals surface area contributed by atoms with Gasteiger partial charge in [0.05, 0.1) is 50.5 Å². The molecule has 0 aliphatic carbocycles. The van der Waals surface area contributed by atoms with Crippen LogP contribution in [0, 0.1) is 13.8 Å². The molecular formula is C36H45Cl2N5O7S3+2. The van der Waals surface area contributed by atoms with E-state index in [4.69, 9.17) is 33.0 Å². The number of benzene rings is 1. The van der Waals surface area contributed by atoms with Crippen LogP contribution in [0.4, 0.5) is 0 Å². The Hall–Kier alpha value is -2.76. The maximum Gasteiger partial charge on any atom is 0.352 e. The van der Waals surface area contributed by atoms with Gasteiger partial charge in [-0.25, -0.2) is 4.79 Å². The highest BCUT2D eigenvalue weighted by Gasteiger charge is 2.54. The van der Waals surface area contributed by atoms with Crippen LogP contribution in [0.5, 0.6) is 0 Å². The predicted molar refractivity (Wildman–Crippen MR) is 209 cm³/mol. The zero-order chi connectivity index (χ0) is 38.3. The number of ether oxygens (including phenoxy) is 1. The van der Waals surface area contributed by atoms with Crippen molar-refractivity contribution in [1.29, 1.82) is 0 Å². The molecule has 5 rings (SSSR count). The lowest BCUT2D eigenvalue weighted by molar-refractivity contribution is -0.919. The number of β-lactam (4-membered cyclic amide) rings is 1. The molecule has 2 aromatic rings. The quantitative estimate of drug-likeness (QED) is 0.0602. The minimum Gasteiger partial charge on any atom is -0.480 e. The molecule has 53 heavy (non-hydrogen) atoms. The number of carboxylic acids is 2. The van der Waals surface area contributed by atoms with Crippen LogP contribution in [-0.4, -0.2) is 125 Å². The number of nitrogens with zero attached hydrogens (tertiary/aromatic N) is 3. The van der Waals surface area contributed by atoms with Crippen LogP contribution in [0.25, 0.3) is 6.08 Å². The van der Waals surface area contributed by atoms with Crippen LogP contribution in [-0.2, 0) is 30.5 Å². The van der Waals surface area contributed by atoms with E-state index in [0.717, 1.165) is 66.6 Å². The average molecular weight is 827 g/mol. The zero-order valence-electron chi connectivity index (χ0n) is 29.9. The Balaban J connectivity index is 1.13. The number of rotatable bonds is 17. The van der Waals surface area contributed by atoms with Gasteiger partial charge in [0.1, 0.15) is 30.2 Å². The van der Waals surface area contributed by atoms with Crippen molar-refractivity contribution in [3.8, 4) is 0 Å². The second-order valence-corrected chi connectivity index (χ2v) is 17.4. The van der Waals surface area contributed by atoms with E-state index in [-0.39, 0.29) is 23.9 Å². The van der Waals surface area contributed by atoms with Crippen LogP contribution >= 0.6 is 58.5 Å². The van der Waals surface area contributed by atoms with Gasteiger partial charge in [-0.3, -0.25) is 19.3 Å². The summed E-state index contributed by atoms with van der Waals surface area (Å²) >= 11 is 17.0. The smallest absolute Gasteiger partial charge is 0.352 e. The van der Waals surface area contributed by atoms with Gasteiger partial charge in [0, 0.05) is 58.8 Å². The summed E-state index contributed by atoms with van der Waals surface area (Å²) in [6.07, 6.45) is 4.52. The molecule has 3 aliphatic heterocycles. The summed E-state index contributed by atoms with van der Waals surface area (Å²) in [7, 11) is 2.30. The summed E-state index contributed by atoms with van der Waals surface area (Å²) in [4.78, 5) is 52.2. The van der Waals surface area contributed by atoms with E-state index in [1.807, 2.05) is 0 Å². The highest BCUT2D eigenvalue weighted by atomic mass is 35.5. The molecule has 4 heterocycles. The summed E-state index contributed by atoms with van der Waals surface area (Å²) in [6, 6.07) is 6.75. The molecule has 1 aromatic carbocycles. The second kappa shape index (κ2) is 18.7. The van der Waals surface area contributed by atoms with Crippen molar-refractivity contribution < 1.29 is 43.2 Å². The fourth-order valence-electron chi connectivity index (χ4n) is 6.50. The molecule has 0 spiro atoms. The monoisotopic (exact) mass is 825 g/mol. The molecule has 1 unspecified atom stereocenters. The summed E-state index contributed by atoms with van der Waals surface area (Å²) in [5, 5.41) is 24.7. The van der Waals surface area contributed by atoms with E-state index in [1.54, 1.807) is 36.0 Å². The van der Waals surface area contributed by atoms with Crippen molar-refractivity contribution in [2.45, 2.75) is 48.0 Å². The fraction of sp³-hybridized carbons (Fsp3) is 0.472. The SMILES string of the molecule is Cc1cc(SCC2=C(C(=O)O)N3C(=O)C(NC(=O)CSc4cc(Cl)c(/C=C/CNCC(=O)O)cc4Cl)[C@H]3SC2)cc(C)[n+]1CCC[N+]1(C)CCOCC1. The van der Waals surface area contributed by atoms with Gasteiger partial charge in [0.15, 0.2) is 17.9 Å². The van der Waals surface area contributed by atoms with Crippen molar-refractivity contribution >= 4 is 88.3 Å². The molecule has 0 saturated carbocycles. The van der Waals surface area contributed by atoms with Crippen LogP contribution in [0.3, 0.4) is 0 Å². The number of quaternary nitrogens is 1. The van der Waals surface area contributed by atoms with E-state index in [9.17, 15) is 24.3 Å². The molecule has 0 bridgehead atoms. The van der Waals surface area contributed by atoms with E-state index >= 15 is 0 Å². The predicted octanol–water partition coefficient (Wildman–Crippen LogP) is 4.08. The topological polar surface area (TPSA) is 149 Å². The van der Waals surface area contributed by atoms with E-state index in [1.165, 1.54) is 28.4 Å². The Morgan fingerprint density at radius 3 is 2.49 bits per heavy atom. The molecule has 2 fully saturated rings. The number of aryl methyl sites for hydroxylation is 2. The number of likely N-dealkylation sites (N-methyl/N-ethyl adjacent to an activating group) is 1. The van der Waals surface area contributed by atoms with Gasteiger partial charge in [0.2, 0.25) is 5.91 Å². The van der Waals surface area contributed by atoms with E-state index < -0.39 is 29.3 Å². The number of halogens is 2. The molecule has 2 atom stereocenters. The van der Waals surface area contributed by atoms with Gasteiger partial charge < -0.3 is 30.1 Å². The van der Waals surface area contributed by atoms with Gasteiger partial charge in [-0.1, -0.05) is 35.4 Å². The first-order valence-corrected chi connectivity index (χ1v) is 21.0. The lowest BCUT2D eigenvalue weighted by Crippen LogP contribution is -2.70. The zero-order valence-corrected chi connectivity index (χ0v) is 33.8. The Morgan fingerprint density at radius 2 is 1.81 bits per heavy atom. The molecule has 0 radical (unpaired) electrons. The third-order valence-electron chi connectivity index (χ3n) is 9.41. The largest absolute Gasteiger partial charge is 0.480 e. The number of hydrogen-bond donors (Lipinski definition) is 4. The molecule has 17 heteroatoms. The maximum atomic E-state index is 13.3. The summed E-state index contributed by atoms with van der Waals surface area (Å²) in [5.41, 5.74) is 3.61. The second-order valence-electron chi connectivity index (χ2n) is 13.4. The fourth-order valence-corrected chi connectivity index (χ4v) is 10.5. The Bertz CT molecular complexity index is 1780. The van der Waals surface area contributed by atoms with Crippen molar-refractivity contribution in [3.63, 3.8) is 0 Å². The number of nitrogens with one attached hydrogen (secondary N) is 2. The van der Waals surface area contributed by atoms with Gasteiger partial charge in [-0.15, -0.1) is 35.3 Å². The number of carbonyl (C=O) groups excluding carboxylic acids is 2. The normalized spacial score (nSPS) is 19.6. The lowest BCUT2D eigenvalue weighted by Gasteiger charge is -2.49. The van der Waals surface area contributed by atoms with Crippen molar-refractivity contribution in [2.75, 3.05) is 70.2 Å². The number of fused-ring (bicyclic) bond motifs is 1. The van der Waals surface area contributed by atoms with Crippen LogP contribution < -0.4 is 15.2 Å². The number of carboxylic acid groups (broad SMARTS) is 2. The van der Waals surface area contributed by atoms with Crippen LogP contribution in [0.1, 0.15) is 23.4 Å². The Morgan fingerprint density at radius 1 is 1.09 bits per heavy atom. The van der Waals surface area contributed by atoms with Gasteiger partial charge in [-0.2, -0.15) is 4.57 Å². The van der Waals surface area contributed by atoms with Gasteiger partial charge in [0.25, 0.3) is 5.91 Å². The highest BCUT2D eigenvalue weighted by molar-refractivity contribution is 8.01. The summed E-state index contributed by atoms with van der Waals surface area (Å²) < 4.78 is 8.91. The first-order chi connectivity index (χ1) is 25.3. The molecule has 3 aliphatic rings. The first-order valence-electron chi connectivity index (χ1n) is 17.2. The standard InChI is InChI=1S/C36H43Cl2N5O7S3/c1-22-14-26(15-23(2)41(22)8-5-9-43(3)10-12-50-13-11-43)51-19-25-20-53-35-32(34(47)42(35)33(25)36(48)49)40-30(44)21-52-29-17-27(37)24(16-28(29)38)6-4-7-39-18-31(45)46/h4,6,14-17,32,35,39H,5,7-13,18-21H2,1-3H3,(H-2,40,44,45,46,48,49)/p+2/b6-4+/t32?,35-/m1/s1. The van der Waals surface area contributed by atoms with E-state index in [0.29, 0.717) is 44.1 Å². The number of morpholine rings is 1. The summed E-state index contributed by atoms with van der Waals surface area (Å²) in [6.45, 7) is 10.1. The minimum absolute atomic E-state index is 0.00137. The number of aromatic nitrogens is 1. The van der Waals surface area contributed by atoms with Gasteiger partial charge in [-0.05, 0) is 23.3 Å². The lowest BCUT2D eigenvalue weighted by atomic mass is 10.0. The molecule has 1 aromatic heterocycles. The highest BCUT2D eigenvalue weighted by Crippen LogP contribution is 2.42. The number of aliphatic carboxylic acids is 2. The average Bonchev–Trinajstić information content (AvgIpc) is 3.10. The number of amides is 2. The van der Waals surface area contributed by atoms with Crippen molar-refractivity contribution in [1.82, 2.24) is 15.5 Å². The van der Waals surface area contributed by atoms with Crippen LogP contribution in [0.15, 0.2) is 51.4 Å². The van der Waals surface area contributed by atoms with Gasteiger partial charge >= 0.3 is 11.9 Å². The molecule has 4 N–H and O–H groups in total. The molecular weight excluding hydrogens is 782 g/mol. The summed E-state index contributed by atoms with van der Waals surface area (Å²) in [5.74, 6) is -2.11. The Kier molecular flexibility index (Phi) is 14.6. The van der Waals surface area contributed by atoms with E-state index in [2.05, 4.69) is 48.2 Å². The molecule has 2 amide bonds. The first kappa shape index (κ1) is 41.4. The molecule has 2 saturated heterocycles. The minimum atomic E-state index is -1.16. The van der Waals surface area contributed by atoms with Crippen LogP contribution in [0.2, 0.25) is 10.0 Å². The maximum absolute atomic E-state index is 13.3. The number of pyridine rings is 1. The number of hydrogen-bond acceptors (Lipinski definition) is 9. The number of carbonyl (C=O) groups is 4. The Labute approximate surface area is 332 Å². The van der Waals surface area contributed by atoms with Crippen molar-refractivity contribution in [3.05, 3.63) is 68.6 Å². The third kappa shape index (κ3) is 10.7. The number of thioether (sulfide) groups is 3. The molecule has 12 nitrogen and oxygen atoms in total. The van der Waals surface area contributed by atoms with Crippen molar-refractivity contribution in [2.24, 2.45) is 0 Å². The third-order valence-corrected chi connectivity index (χ3v) is 13.6.